The van der Waals surface area contributed by atoms with Crippen LogP contribution in [0.25, 0.3) is 0 Å². The quantitative estimate of drug-likeness (QED) is 0.795. The number of hydrogen-bond donors (Lipinski definition) is 2. The van der Waals surface area contributed by atoms with Crippen molar-refractivity contribution in [2.75, 3.05) is 6.54 Å². The number of carbonyl (C=O) groups is 1. The zero-order valence-electron chi connectivity index (χ0n) is 10.3. The van der Waals surface area contributed by atoms with Crippen molar-refractivity contribution in [3.63, 3.8) is 0 Å². The average Bonchev–Trinajstić information content (AvgIpc) is 2.25. The maximum Gasteiger partial charge on any atom is 0.304 e. The summed E-state index contributed by atoms with van der Waals surface area (Å²) in [5, 5.41) is 18.4. The molecule has 0 aliphatic rings. The number of para-hydroxylation sites is 1. The monoisotopic (exact) mass is 237 g/mol. The van der Waals surface area contributed by atoms with E-state index in [9.17, 15) is 9.90 Å². The van der Waals surface area contributed by atoms with Crippen LogP contribution in [0.2, 0.25) is 0 Å². The third-order valence-corrected chi connectivity index (χ3v) is 2.71. The lowest BCUT2D eigenvalue weighted by Crippen LogP contribution is -2.32. The molecule has 1 aromatic rings. The highest BCUT2D eigenvalue weighted by Crippen LogP contribution is 2.18. The highest BCUT2D eigenvalue weighted by molar-refractivity contribution is 5.66. The number of phenols is 1. The lowest BCUT2D eigenvalue weighted by Gasteiger charge is -2.26. The van der Waals surface area contributed by atoms with Gasteiger partial charge >= 0.3 is 5.97 Å². The van der Waals surface area contributed by atoms with E-state index >= 15 is 0 Å². The molecule has 0 saturated carbocycles. The number of carboxylic acids is 1. The largest absolute Gasteiger partial charge is 0.508 e. The van der Waals surface area contributed by atoms with Gasteiger partial charge in [-0.3, -0.25) is 9.69 Å². The summed E-state index contributed by atoms with van der Waals surface area (Å²) in [4.78, 5) is 12.6. The molecule has 17 heavy (non-hydrogen) atoms. The predicted molar refractivity (Wildman–Crippen MR) is 65.9 cm³/mol. The van der Waals surface area contributed by atoms with E-state index in [1.807, 2.05) is 30.9 Å². The molecule has 4 nitrogen and oxygen atoms in total. The summed E-state index contributed by atoms with van der Waals surface area (Å²) < 4.78 is 0. The number of aliphatic carboxylic acids is 1. The maximum atomic E-state index is 10.6. The van der Waals surface area contributed by atoms with E-state index in [0.29, 0.717) is 13.1 Å². The van der Waals surface area contributed by atoms with Crippen LogP contribution in [0.4, 0.5) is 0 Å². The molecule has 1 rings (SSSR count). The van der Waals surface area contributed by atoms with Gasteiger partial charge in [-0.2, -0.15) is 0 Å². The SMILES string of the molecule is CC(C)N(CCC(=O)O)Cc1ccccc1O. The molecule has 0 heterocycles. The van der Waals surface area contributed by atoms with Crippen molar-refractivity contribution in [3.05, 3.63) is 29.8 Å². The lowest BCUT2D eigenvalue weighted by atomic mass is 10.1. The van der Waals surface area contributed by atoms with Gasteiger partial charge in [0.05, 0.1) is 6.42 Å². The normalized spacial score (nSPS) is 11.1. The van der Waals surface area contributed by atoms with Gasteiger partial charge < -0.3 is 10.2 Å². The highest BCUT2D eigenvalue weighted by atomic mass is 16.4. The Morgan fingerprint density at radius 2 is 2.00 bits per heavy atom. The zero-order valence-corrected chi connectivity index (χ0v) is 10.3. The smallest absolute Gasteiger partial charge is 0.304 e. The predicted octanol–water partition coefficient (Wildman–Crippen LogP) is 2.08. The van der Waals surface area contributed by atoms with Crippen molar-refractivity contribution in [3.8, 4) is 5.75 Å². The van der Waals surface area contributed by atoms with Crippen LogP contribution in [0.5, 0.6) is 5.75 Å². The molecule has 0 fully saturated rings. The molecule has 0 radical (unpaired) electrons. The Morgan fingerprint density at radius 1 is 1.35 bits per heavy atom. The van der Waals surface area contributed by atoms with Gasteiger partial charge in [0.1, 0.15) is 5.75 Å². The number of phenolic OH excluding ortho intramolecular Hbond substituents is 1. The molecule has 1 aromatic carbocycles. The highest BCUT2D eigenvalue weighted by Gasteiger charge is 2.13. The summed E-state index contributed by atoms with van der Waals surface area (Å²) >= 11 is 0. The first-order chi connectivity index (χ1) is 8.00. The summed E-state index contributed by atoms with van der Waals surface area (Å²) in [7, 11) is 0. The molecule has 0 spiro atoms. The fourth-order valence-electron chi connectivity index (χ4n) is 1.62. The van der Waals surface area contributed by atoms with Gasteiger partial charge in [0.2, 0.25) is 0 Å². The minimum absolute atomic E-state index is 0.117. The van der Waals surface area contributed by atoms with Crippen LogP contribution in [0.1, 0.15) is 25.8 Å². The maximum absolute atomic E-state index is 10.6. The van der Waals surface area contributed by atoms with E-state index in [2.05, 4.69) is 0 Å². The van der Waals surface area contributed by atoms with Gasteiger partial charge in [-0.1, -0.05) is 18.2 Å². The number of hydrogen-bond acceptors (Lipinski definition) is 3. The molecule has 4 heteroatoms. The fourth-order valence-corrected chi connectivity index (χ4v) is 1.62. The molecule has 94 valence electrons. The minimum Gasteiger partial charge on any atom is -0.508 e. The van der Waals surface area contributed by atoms with Crippen molar-refractivity contribution < 1.29 is 15.0 Å². The first-order valence-electron chi connectivity index (χ1n) is 5.73. The molecule has 0 aliphatic carbocycles. The van der Waals surface area contributed by atoms with Crippen molar-refractivity contribution in [2.45, 2.75) is 32.9 Å². The van der Waals surface area contributed by atoms with Crippen molar-refractivity contribution in [1.29, 1.82) is 0 Å². The molecule has 0 amide bonds. The molecule has 2 N–H and O–H groups in total. The molecule has 0 aromatic heterocycles. The Hall–Kier alpha value is -1.55. The van der Waals surface area contributed by atoms with Crippen LogP contribution in [0.3, 0.4) is 0 Å². The molecule has 0 aliphatic heterocycles. The first-order valence-corrected chi connectivity index (χ1v) is 5.73. The number of aromatic hydroxyl groups is 1. The second-order valence-corrected chi connectivity index (χ2v) is 4.34. The summed E-state index contributed by atoms with van der Waals surface area (Å²) in [5.74, 6) is -0.540. The van der Waals surface area contributed by atoms with E-state index < -0.39 is 5.97 Å². The van der Waals surface area contributed by atoms with Crippen LogP contribution >= 0.6 is 0 Å². The van der Waals surface area contributed by atoms with Crippen LogP contribution in [-0.2, 0) is 11.3 Å². The summed E-state index contributed by atoms with van der Waals surface area (Å²) in [6, 6.07) is 7.38. The topological polar surface area (TPSA) is 60.8 Å². The molecule has 0 bridgehead atoms. The van der Waals surface area contributed by atoms with Gasteiger partial charge in [-0.25, -0.2) is 0 Å². The van der Waals surface area contributed by atoms with E-state index in [1.165, 1.54) is 0 Å². The Bertz CT molecular complexity index is 377. The third kappa shape index (κ3) is 4.44. The fraction of sp³-hybridized carbons (Fsp3) is 0.462. The zero-order chi connectivity index (χ0) is 12.8. The van der Waals surface area contributed by atoms with E-state index in [-0.39, 0.29) is 18.2 Å². The molecular formula is C13H19NO3. The first kappa shape index (κ1) is 13.5. The Kier molecular flexibility index (Phi) is 4.97. The van der Waals surface area contributed by atoms with Crippen molar-refractivity contribution >= 4 is 5.97 Å². The van der Waals surface area contributed by atoms with Crippen LogP contribution in [-0.4, -0.2) is 33.7 Å². The van der Waals surface area contributed by atoms with Crippen molar-refractivity contribution in [2.24, 2.45) is 0 Å². The lowest BCUT2D eigenvalue weighted by molar-refractivity contribution is -0.137. The summed E-state index contributed by atoms with van der Waals surface area (Å²) in [5.41, 5.74) is 0.826. The third-order valence-electron chi connectivity index (χ3n) is 2.71. The molecule has 0 saturated heterocycles. The van der Waals surface area contributed by atoms with E-state index in [4.69, 9.17) is 5.11 Å². The van der Waals surface area contributed by atoms with Gasteiger partial charge in [0, 0.05) is 24.7 Å². The number of benzene rings is 1. The van der Waals surface area contributed by atoms with Gasteiger partial charge in [0.25, 0.3) is 0 Å². The second kappa shape index (κ2) is 6.25. The summed E-state index contributed by atoms with van der Waals surface area (Å²) in [6.45, 7) is 5.09. The average molecular weight is 237 g/mol. The van der Waals surface area contributed by atoms with Gasteiger partial charge in [-0.05, 0) is 19.9 Å². The molecule has 0 unspecified atom stereocenters. The van der Waals surface area contributed by atoms with Gasteiger partial charge in [0.15, 0.2) is 0 Å². The molecule has 0 atom stereocenters. The standard InChI is InChI=1S/C13H19NO3/c1-10(2)14(8-7-13(16)17)9-11-5-3-4-6-12(11)15/h3-6,10,15H,7-9H2,1-2H3,(H,16,17). The summed E-state index contributed by atoms with van der Waals surface area (Å²) in [6.07, 6.45) is 0.117. The second-order valence-electron chi connectivity index (χ2n) is 4.34. The number of nitrogens with zero attached hydrogens (tertiary/aromatic N) is 1. The minimum atomic E-state index is -0.798. The Balaban J connectivity index is 2.67. The van der Waals surface area contributed by atoms with E-state index in [1.54, 1.807) is 12.1 Å². The Morgan fingerprint density at radius 3 is 2.53 bits per heavy atom. The van der Waals surface area contributed by atoms with Crippen LogP contribution in [0.15, 0.2) is 24.3 Å². The van der Waals surface area contributed by atoms with Crippen LogP contribution < -0.4 is 0 Å². The van der Waals surface area contributed by atoms with Crippen LogP contribution in [0, 0.1) is 0 Å². The van der Waals surface area contributed by atoms with Crippen molar-refractivity contribution in [1.82, 2.24) is 4.90 Å². The molecular weight excluding hydrogens is 218 g/mol. The Labute approximate surface area is 101 Å². The van der Waals surface area contributed by atoms with E-state index in [0.717, 1.165) is 5.56 Å². The number of rotatable bonds is 6. The van der Waals surface area contributed by atoms with Gasteiger partial charge in [-0.15, -0.1) is 0 Å². The number of carboxylic acid groups (broad SMARTS) is 1.